The van der Waals surface area contributed by atoms with Gasteiger partial charge in [0.15, 0.2) is 0 Å². The lowest BCUT2D eigenvalue weighted by Crippen LogP contribution is -2.10. The largest absolute Gasteiger partial charge is 0.477 e. The molecule has 0 spiro atoms. The first-order chi connectivity index (χ1) is 11.1. The van der Waals surface area contributed by atoms with Gasteiger partial charge in [0.1, 0.15) is 5.69 Å². The van der Waals surface area contributed by atoms with E-state index in [9.17, 15) is 9.90 Å². The number of carbonyl (C=O) groups is 1. The lowest BCUT2D eigenvalue weighted by atomic mass is 10.1. The third-order valence-electron chi connectivity index (χ3n) is 4.18. The van der Waals surface area contributed by atoms with Crippen LogP contribution in [0.1, 0.15) is 28.0 Å². The van der Waals surface area contributed by atoms with E-state index in [-0.39, 0.29) is 0 Å². The van der Waals surface area contributed by atoms with Crippen LogP contribution in [0.3, 0.4) is 0 Å². The minimum atomic E-state index is -0.908. The molecule has 0 atom stereocenters. The normalized spacial score (nSPS) is 11.0. The fourth-order valence-electron chi connectivity index (χ4n) is 3.12. The predicted molar refractivity (Wildman–Crippen MR) is 93.4 cm³/mol. The third-order valence-corrected chi connectivity index (χ3v) is 4.48. The highest BCUT2D eigenvalue weighted by Gasteiger charge is 2.20. The molecule has 23 heavy (non-hydrogen) atoms. The van der Waals surface area contributed by atoms with Gasteiger partial charge in [-0.05, 0) is 37.0 Å². The van der Waals surface area contributed by atoms with Gasteiger partial charge in [-0.15, -0.1) is 0 Å². The SMILES string of the molecule is Cc1c(C(=O)O)n(CCCc2ccccc2)c2c(Cl)cccc12. The van der Waals surface area contributed by atoms with Crippen LogP contribution >= 0.6 is 11.6 Å². The first-order valence-electron chi connectivity index (χ1n) is 7.64. The van der Waals surface area contributed by atoms with Crippen molar-refractivity contribution in [1.82, 2.24) is 4.57 Å². The monoisotopic (exact) mass is 327 g/mol. The maximum absolute atomic E-state index is 11.7. The Balaban J connectivity index is 1.95. The maximum atomic E-state index is 11.7. The van der Waals surface area contributed by atoms with Crippen molar-refractivity contribution in [3.8, 4) is 0 Å². The van der Waals surface area contributed by atoms with Crippen molar-refractivity contribution in [1.29, 1.82) is 0 Å². The number of carboxylic acids is 1. The van der Waals surface area contributed by atoms with Gasteiger partial charge in [0, 0.05) is 11.9 Å². The second kappa shape index (κ2) is 6.47. The summed E-state index contributed by atoms with van der Waals surface area (Å²) in [5.74, 6) is -0.908. The van der Waals surface area contributed by atoms with E-state index in [1.165, 1.54) is 5.56 Å². The van der Waals surface area contributed by atoms with Crippen molar-refractivity contribution in [2.24, 2.45) is 0 Å². The molecule has 1 aromatic heterocycles. The second-order valence-corrected chi connectivity index (χ2v) is 6.06. The molecule has 0 aliphatic carbocycles. The molecular weight excluding hydrogens is 310 g/mol. The molecular formula is C19H18ClNO2. The van der Waals surface area contributed by atoms with Gasteiger partial charge in [0.2, 0.25) is 0 Å². The minimum absolute atomic E-state index is 0.334. The molecule has 3 nitrogen and oxygen atoms in total. The summed E-state index contributed by atoms with van der Waals surface area (Å²) in [5.41, 5.74) is 3.18. The Morgan fingerprint density at radius 1 is 1.13 bits per heavy atom. The summed E-state index contributed by atoms with van der Waals surface area (Å²) in [6, 6.07) is 15.8. The van der Waals surface area contributed by atoms with Gasteiger partial charge in [-0.3, -0.25) is 0 Å². The third kappa shape index (κ3) is 2.97. The Morgan fingerprint density at radius 3 is 2.57 bits per heavy atom. The fraction of sp³-hybridized carbons (Fsp3) is 0.211. The zero-order chi connectivity index (χ0) is 16.4. The average molecular weight is 328 g/mol. The van der Waals surface area contributed by atoms with Crippen LogP contribution in [0.25, 0.3) is 10.9 Å². The van der Waals surface area contributed by atoms with Crippen LogP contribution in [0.4, 0.5) is 0 Å². The molecule has 2 aromatic carbocycles. The maximum Gasteiger partial charge on any atom is 0.352 e. The summed E-state index contributed by atoms with van der Waals surface area (Å²) in [6.45, 7) is 2.47. The van der Waals surface area contributed by atoms with E-state index in [1.54, 1.807) is 0 Å². The Kier molecular flexibility index (Phi) is 4.39. The molecule has 0 amide bonds. The lowest BCUT2D eigenvalue weighted by molar-refractivity contribution is 0.0684. The highest BCUT2D eigenvalue weighted by molar-refractivity contribution is 6.35. The number of benzene rings is 2. The first-order valence-corrected chi connectivity index (χ1v) is 8.02. The van der Waals surface area contributed by atoms with Crippen LogP contribution in [-0.4, -0.2) is 15.6 Å². The van der Waals surface area contributed by atoms with Gasteiger partial charge in [0.05, 0.1) is 10.5 Å². The number of aryl methyl sites for hydroxylation is 3. The molecule has 0 aliphatic heterocycles. The number of aromatic nitrogens is 1. The van der Waals surface area contributed by atoms with Gasteiger partial charge < -0.3 is 9.67 Å². The van der Waals surface area contributed by atoms with Crippen molar-refractivity contribution in [2.45, 2.75) is 26.3 Å². The molecule has 0 radical (unpaired) electrons. The van der Waals surface area contributed by atoms with Crippen LogP contribution in [0.15, 0.2) is 48.5 Å². The highest BCUT2D eigenvalue weighted by Crippen LogP contribution is 2.31. The van der Waals surface area contributed by atoms with Gasteiger partial charge >= 0.3 is 5.97 Å². The van der Waals surface area contributed by atoms with Crippen molar-refractivity contribution in [3.63, 3.8) is 0 Å². The van der Waals surface area contributed by atoms with Gasteiger partial charge in [0.25, 0.3) is 0 Å². The second-order valence-electron chi connectivity index (χ2n) is 5.66. The Labute approximate surface area is 140 Å². The number of hydrogen-bond acceptors (Lipinski definition) is 1. The average Bonchev–Trinajstić information content (AvgIpc) is 2.82. The molecule has 0 unspecified atom stereocenters. The van der Waals surface area contributed by atoms with E-state index in [0.29, 0.717) is 17.3 Å². The van der Waals surface area contributed by atoms with E-state index in [1.807, 2.05) is 47.9 Å². The molecule has 1 N–H and O–H groups in total. The van der Waals surface area contributed by atoms with Crippen LogP contribution in [0.2, 0.25) is 5.02 Å². The molecule has 4 heteroatoms. The van der Waals surface area contributed by atoms with Crippen LogP contribution in [0.5, 0.6) is 0 Å². The Morgan fingerprint density at radius 2 is 1.87 bits per heavy atom. The van der Waals surface area contributed by atoms with Crippen molar-refractivity contribution in [2.75, 3.05) is 0 Å². The number of halogens is 1. The van der Waals surface area contributed by atoms with Crippen molar-refractivity contribution in [3.05, 3.63) is 70.4 Å². The number of fused-ring (bicyclic) bond motifs is 1. The fourth-order valence-corrected chi connectivity index (χ4v) is 3.40. The van der Waals surface area contributed by atoms with E-state index >= 15 is 0 Å². The van der Waals surface area contributed by atoms with Crippen LogP contribution in [-0.2, 0) is 13.0 Å². The van der Waals surface area contributed by atoms with Gasteiger partial charge in [-0.1, -0.05) is 54.1 Å². The lowest BCUT2D eigenvalue weighted by Gasteiger charge is -2.10. The predicted octanol–water partition coefficient (Wildman–Crippen LogP) is 4.93. The molecule has 1 heterocycles. The van der Waals surface area contributed by atoms with Crippen molar-refractivity contribution < 1.29 is 9.90 Å². The number of carboxylic acid groups (broad SMARTS) is 1. The summed E-state index contributed by atoms with van der Waals surface area (Å²) in [5, 5.41) is 11.1. The zero-order valence-corrected chi connectivity index (χ0v) is 13.7. The molecule has 0 bridgehead atoms. The number of para-hydroxylation sites is 1. The van der Waals surface area contributed by atoms with Gasteiger partial charge in [-0.2, -0.15) is 0 Å². The quantitative estimate of drug-likeness (QED) is 0.721. The summed E-state index contributed by atoms with van der Waals surface area (Å²) in [6.07, 6.45) is 1.77. The molecule has 0 saturated heterocycles. The first kappa shape index (κ1) is 15.6. The standard InChI is InChI=1S/C19H18ClNO2/c1-13-15-10-5-11-16(20)18(15)21(17(13)19(22)23)12-6-9-14-7-3-2-4-8-14/h2-5,7-8,10-11H,6,9,12H2,1H3,(H,22,23). The van der Waals surface area contributed by atoms with E-state index in [2.05, 4.69) is 12.1 Å². The number of aromatic carboxylic acids is 1. The molecule has 0 saturated carbocycles. The van der Waals surface area contributed by atoms with Gasteiger partial charge in [-0.25, -0.2) is 4.79 Å². The Bertz CT molecular complexity index is 853. The summed E-state index contributed by atoms with van der Waals surface area (Å²) < 4.78 is 1.85. The van der Waals surface area contributed by atoms with Crippen LogP contribution in [0, 0.1) is 6.92 Å². The number of rotatable bonds is 5. The summed E-state index contributed by atoms with van der Waals surface area (Å²) in [7, 11) is 0. The number of nitrogens with zero attached hydrogens (tertiary/aromatic N) is 1. The summed E-state index contributed by atoms with van der Waals surface area (Å²) >= 11 is 6.33. The van der Waals surface area contributed by atoms with Crippen molar-refractivity contribution >= 4 is 28.5 Å². The van der Waals surface area contributed by atoms with E-state index in [4.69, 9.17) is 11.6 Å². The van der Waals surface area contributed by atoms with Crippen LogP contribution < -0.4 is 0 Å². The Hall–Kier alpha value is -2.26. The topological polar surface area (TPSA) is 42.2 Å². The molecule has 0 fully saturated rings. The molecule has 3 aromatic rings. The molecule has 3 rings (SSSR count). The smallest absolute Gasteiger partial charge is 0.352 e. The number of hydrogen-bond donors (Lipinski definition) is 1. The molecule has 0 aliphatic rings. The highest BCUT2D eigenvalue weighted by atomic mass is 35.5. The van der Waals surface area contributed by atoms with E-state index < -0.39 is 5.97 Å². The molecule has 118 valence electrons. The summed E-state index contributed by atoms with van der Waals surface area (Å²) in [4.78, 5) is 11.7. The zero-order valence-electron chi connectivity index (χ0n) is 12.9. The van der Waals surface area contributed by atoms with E-state index in [0.717, 1.165) is 29.3 Å². The minimum Gasteiger partial charge on any atom is -0.477 e.